The predicted octanol–water partition coefficient (Wildman–Crippen LogP) is 2.32. The summed E-state index contributed by atoms with van der Waals surface area (Å²) in [5.41, 5.74) is 1.06. The number of aromatic nitrogens is 1. The Bertz CT molecular complexity index is 716. The first-order valence-corrected chi connectivity index (χ1v) is 6.68. The Kier molecular flexibility index (Phi) is 5.08. The van der Waals surface area contributed by atoms with Crippen molar-refractivity contribution >= 4 is 17.4 Å². The number of nitro groups is 1. The predicted molar refractivity (Wildman–Crippen MR) is 82.7 cm³/mol. The first kappa shape index (κ1) is 16.2. The maximum Gasteiger partial charge on any atom is 0.406 e. The van der Waals surface area contributed by atoms with E-state index >= 15 is 0 Å². The summed E-state index contributed by atoms with van der Waals surface area (Å²) in [6.07, 6.45) is 0. The first-order chi connectivity index (χ1) is 11.0. The highest BCUT2D eigenvalue weighted by Crippen LogP contribution is 2.24. The molecule has 120 valence electrons. The van der Waals surface area contributed by atoms with Gasteiger partial charge < -0.3 is 24.9 Å². The minimum atomic E-state index is -0.649. The molecule has 1 aromatic heterocycles. The molecule has 0 saturated carbocycles. The number of methoxy groups -OCH3 is 1. The molecular weight excluding hydrogens is 302 g/mol. The van der Waals surface area contributed by atoms with Gasteiger partial charge in [-0.3, -0.25) is 4.79 Å². The number of nitrogens with one attached hydrogen (secondary N) is 1. The summed E-state index contributed by atoms with van der Waals surface area (Å²) >= 11 is 0. The second kappa shape index (κ2) is 7.21. The van der Waals surface area contributed by atoms with Crippen molar-refractivity contribution in [2.75, 3.05) is 19.0 Å². The quantitative estimate of drug-likeness (QED) is 0.647. The molecule has 0 aliphatic rings. The second-order valence-corrected chi connectivity index (χ2v) is 4.60. The van der Waals surface area contributed by atoms with E-state index in [4.69, 9.17) is 9.47 Å². The molecule has 8 nitrogen and oxygen atoms in total. The number of anilines is 1. The lowest BCUT2D eigenvalue weighted by Crippen LogP contribution is -2.20. The molecule has 0 spiro atoms. The smallest absolute Gasteiger partial charge is 0.406 e. The van der Waals surface area contributed by atoms with E-state index in [1.54, 1.807) is 44.4 Å². The van der Waals surface area contributed by atoms with E-state index in [0.717, 1.165) is 0 Å². The molecule has 23 heavy (non-hydrogen) atoms. The molecule has 0 fully saturated rings. The van der Waals surface area contributed by atoms with Crippen LogP contribution in [0.15, 0.2) is 36.4 Å². The zero-order chi connectivity index (χ0) is 16.8. The number of carbonyl (C=O) groups excluding carboxylic acids is 1. The van der Waals surface area contributed by atoms with Crippen molar-refractivity contribution in [3.63, 3.8) is 0 Å². The summed E-state index contributed by atoms with van der Waals surface area (Å²) in [4.78, 5) is 25.9. The third-order valence-electron chi connectivity index (χ3n) is 2.88. The fourth-order valence-electron chi connectivity index (χ4n) is 1.79. The van der Waals surface area contributed by atoms with Crippen LogP contribution >= 0.6 is 0 Å². The molecule has 0 aliphatic heterocycles. The number of rotatable bonds is 6. The highest BCUT2D eigenvalue weighted by molar-refractivity contribution is 5.91. The van der Waals surface area contributed by atoms with Crippen LogP contribution in [0.2, 0.25) is 0 Å². The molecule has 2 rings (SSSR count). The van der Waals surface area contributed by atoms with Crippen LogP contribution in [0.3, 0.4) is 0 Å². The Morgan fingerprint density at radius 1 is 1.26 bits per heavy atom. The third-order valence-corrected chi connectivity index (χ3v) is 2.88. The topological polar surface area (TPSA) is 104 Å². The molecule has 2 aromatic rings. The molecule has 8 heteroatoms. The molecule has 1 amide bonds. The molecule has 1 heterocycles. The summed E-state index contributed by atoms with van der Waals surface area (Å²) in [7, 11) is 1.55. The lowest BCUT2D eigenvalue weighted by atomic mass is 10.3. The molecule has 0 radical (unpaired) electrons. The van der Waals surface area contributed by atoms with Crippen LogP contribution in [-0.4, -0.2) is 29.5 Å². The van der Waals surface area contributed by atoms with Crippen molar-refractivity contribution in [1.82, 2.24) is 4.98 Å². The summed E-state index contributed by atoms with van der Waals surface area (Å²) in [6, 6.07) is 9.74. The number of ether oxygens (including phenoxy) is 2. The summed E-state index contributed by atoms with van der Waals surface area (Å²) in [6.45, 7) is 1.27. The van der Waals surface area contributed by atoms with Crippen LogP contribution < -0.4 is 14.8 Å². The van der Waals surface area contributed by atoms with E-state index in [-0.39, 0.29) is 12.4 Å². The Hall–Kier alpha value is -3.16. The van der Waals surface area contributed by atoms with E-state index in [2.05, 4.69) is 10.3 Å². The van der Waals surface area contributed by atoms with Crippen molar-refractivity contribution in [2.24, 2.45) is 0 Å². The van der Waals surface area contributed by atoms with Gasteiger partial charge in [-0.1, -0.05) is 0 Å². The number of carbonyl (C=O) groups is 1. The minimum absolute atomic E-state index is 0.0505. The van der Waals surface area contributed by atoms with Crippen LogP contribution in [0.25, 0.3) is 0 Å². The van der Waals surface area contributed by atoms with E-state index in [1.807, 2.05) is 0 Å². The van der Waals surface area contributed by atoms with Gasteiger partial charge in [0.15, 0.2) is 6.61 Å². The van der Waals surface area contributed by atoms with Crippen LogP contribution in [-0.2, 0) is 4.79 Å². The Balaban J connectivity index is 1.97. The lowest BCUT2D eigenvalue weighted by molar-refractivity contribution is -0.390. The van der Waals surface area contributed by atoms with Gasteiger partial charge in [0.05, 0.1) is 7.11 Å². The average molecular weight is 317 g/mol. The second-order valence-electron chi connectivity index (χ2n) is 4.60. The van der Waals surface area contributed by atoms with Gasteiger partial charge in [-0.25, -0.2) is 0 Å². The van der Waals surface area contributed by atoms with Gasteiger partial charge in [-0.05, 0) is 46.3 Å². The molecule has 0 bridgehead atoms. The molecule has 0 aliphatic carbocycles. The van der Waals surface area contributed by atoms with E-state index < -0.39 is 16.6 Å². The summed E-state index contributed by atoms with van der Waals surface area (Å²) in [5, 5.41) is 13.5. The molecule has 0 saturated heterocycles. The molecule has 0 atom stereocenters. The highest BCUT2D eigenvalue weighted by atomic mass is 16.6. The van der Waals surface area contributed by atoms with Crippen molar-refractivity contribution in [2.45, 2.75) is 6.92 Å². The van der Waals surface area contributed by atoms with Crippen LogP contribution in [0.4, 0.5) is 11.5 Å². The van der Waals surface area contributed by atoms with Crippen LogP contribution in [0.5, 0.6) is 11.5 Å². The fraction of sp³-hybridized carbons (Fsp3) is 0.200. The molecule has 0 unspecified atom stereocenters. The SMILES string of the molecule is COc1ccc(NC(=O)COc2ccc(C)nc2[N+](=O)[O-])cc1. The number of amides is 1. The molecular formula is C15H15N3O5. The third kappa shape index (κ3) is 4.40. The number of pyridine rings is 1. The van der Waals surface area contributed by atoms with Crippen molar-refractivity contribution in [1.29, 1.82) is 0 Å². The van der Waals surface area contributed by atoms with Gasteiger partial charge in [0.1, 0.15) is 11.4 Å². The molecule has 1 N–H and O–H groups in total. The Morgan fingerprint density at radius 3 is 2.57 bits per heavy atom. The first-order valence-electron chi connectivity index (χ1n) is 6.68. The zero-order valence-corrected chi connectivity index (χ0v) is 12.6. The van der Waals surface area contributed by atoms with Gasteiger partial charge in [0, 0.05) is 12.6 Å². The summed E-state index contributed by atoms with van der Waals surface area (Å²) in [5.74, 6) is -0.238. The van der Waals surface area contributed by atoms with E-state index in [1.165, 1.54) is 6.07 Å². The number of aryl methyl sites for hydroxylation is 1. The van der Waals surface area contributed by atoms with Crippen molar-refractivity contribution in [3.05, 3.63) is 52.2 Å². The summed E-state index contributed by atoms with van der Waals surface area (Å²) < 4.78 is 10.2. The van der Waals surface area contributed by atoms with E-state index in [9.17, 15) is 14.9 Å². The number of nitrogens with zero attached hydrogens (tertiary/aromatic N) is 2. The highest BCUT2D eigenvalue weighted by Gasteiger charge is 2.18. The number of benzene rings is 1. The van der Waals surface area contributed by atoms with Crippen molar-refractivity contribution < 1.29 is 19.2 Å². The number of hydrogen-bond acceptors (Lipinski definition) is 6. The Morgan fingerprint density at radius 2 is 1.96 bits per heavy atom. The molecule has 1 aromatic carbocycles. The standard InChI is InChI=1S/C15H15N3O5/c1-10-3-8-13(15(16-10)18(20)21)23-9-14(19)17-11-4-6-12(22-2)7-5-11/h3-8H,9H2,1-2H3,(H,17,19). The normalized spacial score (nSPS) is 10.0. The number of hydrogen-bond donors (Lipinski definition) is 1. The van der Waals surface area contributed by atoms with Crippen LogP contribution in [0, 0.1) is 17.0 Å². The van der Waals surface area contributed by atoms with Gasteiger partial charge in [-0.2, -0.15) is 0 Å². The maximum atomic E-state index is 11.8. The monoisotopic (exact) mass is 317 g/mol. The average Bonchev–Trinajstić information content (AvgIpc) is 2.54. The van der Waals surface area contributed by atoms with Gasteiger partial charge >= 0.3 is 5.82 Å². The van der Waals surface area contributed by atoms with Crippen molar-refractivity contribution in [3.8, 4) is 11.5 Å². The fourth-order valence-corrected chi connectivity index (χ4v) is 1.79. The van der Waals surface area contributed by atoms with Crippen LogP contribution in [0.1, 0.15) is 5.69 Å². The lowest BCUT2D eigenvalue weighted by Gasteiger charge is -2.08. The maximum absolute atomic E-state index is 11.8. The van der Waals surface area contributed by atoms with Gasteiger partial charge in [0.25, 0.3) is 5.91 Å². The zero-order valence-electron chi connectivity index (χ0n) is 12.6. The van der Waals surface area contributed by atoms with Gasteiger partial charge in [0.2, 0.25) is 5.75 Å². The largest absolute Gasteiger partial charge is 0.497 e. The van der Waals surface area contributed by atoms with E-state index in [0.29, 0.717) is 17.1 Å². The Labute approximate surface area is 132 Å². The van der Waals surface area contributed by atoms with Gasteiger partial charge in [-0.15, -0.1) is 0 Å². The minimum Gasteiger partial charge on any atom is -0.497 e.